The zero-order chi connectivity index (χ0) is 24.3. The van der Waals surface area contributed by atoms with Crippen molar-refractivity contribution in [1.82, 2.24) is 4.98 Å². The van der Waals surface area contributed by atoms with Crippen LogP contribution in [0, 0.1) is 0 Å². The third-order valence-corrected chi connectivity index (χ3v) is 6.35. The van der Waals surface area contributed by atoms with Crippen LogP contribution in [0.3, 0.4) is 0 Å². The van der Waals surface area contributed by atoms with Crippen molar-refractivity contribution >= 4 is 28.6 Å². The van der Waals surface area contributed by atoms with Crippen LogP contribution < -0.4 is 4.74 Å². The molecule has 4 nitrogen and oxygen atoms in total. The van der Waals surface area contributed by atoms with E-state index in [-0.39, 0.29) is 6.61 Å². The van der Waals surface area contributed by atoms with Gasteiger partial charge in [-0.15, -0.1) is 11.8 Å². The lowest BCUT2D eigenvalue weighted by Gasteiger charge is -2.13. The van der Waals surface area contributed by atoms with Gasteiger partial charge in [0.2, 0.25) is 0 Å². The Kier molecular flexibility index (Phi) is 6.79. The summed E-state index contributed by atoms with van der Waals surface area (Å²) in [6.45, 7) is 1.77. The minimum atomic E-state index is -4.37. The lowest BCUT2D eigenvalue weighted by Crippen LogP contribution is -2.11. The molecule has 1 unspecified atom stereocenters. The molecule has 1 aromatic heterocycles. The number of alkyl halides is 3. The predicted octanol–water partition coefficient (Wildman–Crippen LogP) is 7.06. The lowest BCUT2D eigenvalue weighted by atomic mass is 10.1. The monoisotopic (exact) mass is 483 g/mol. The molecule has 174 valence electrons. The highest BCUT2D eigenvalue weighted by Gasteiger charge is 2.29. The molecule has 34 heavy (non-hydrogen) atoms. The van der Waals surface area contributed by atoms with Gasteiger partial charge in [0.15, 0.2) is 0 Å². The Hall–Kier alpha value is -3.52. The van der Waals surface area contributed by atoms with Gasteiger partial charge in [-0.25, -0.2) is 0 Å². The van der Waals surface area contributed by atoms with E-state index in [1.807, 2.05) is 42.5 Å². The summed E-state index contributed by atoms with van der Waals surface area (Å²) in [5, 5.41) is 9.49. The molecule has 0 aliphatic rings. The van der Waals surface area contributed by atoms with Gasteiger partial charge < -0.3 is 9.84 Å². The molecule has 0 aliphatic carbocycles. The molecule has 1 atom stereocenters. The molecule has 0 radical (unpaired) electrons. The molecule has 4 aromatic rings. The molecule has 0 fully saturated rings. The van der Waals surface area contributed by atoms with Crippen LogP contribution in [0.1, 0.15) is 18.1 Å². The van der Waals surface area contributed by atoms with Gasteiger partial charge in [0, 0.05) is 22.0 Å². The number of carboxylic acid groups (broad SMARTS) is 1. The van der Waals surface area contributed by atoms with Crippen molar-refractivity contribution < 1.29 is 27.8 Å². The Labute approximate surface area is 198 Å². The first-order valence-electron chi connectivity index (χ1n) is 10.4. The summed E-state index contributed by atoms with van der Waals surface area (Å²) in [4.78, 5) is 16.6. The van der Waals surface area contributed by atoms with Gasteiger partial charge in [-0.2, -0.15) is 13.2 Å². The van der Waals surface area contributed by atoms with Crippen LogP contribution in [0.4, 0.5) is 13.2 Å². The summed E-state index contributed by atoms with van der Waals surface area (Å²) in [7, 11) is 0. The van der Waals surface area contributed by atoms with E-state index in [0.29, 0.717) is 11.3 Å². The highest BCUT2D eigenvalue weighted by atomic mass is 32.2. The third-order valence-electron chi connectivity index (χ3n) is 5.19. The molecule has 0 saturated carbocycles. The number of hydrogen-bond acceptors (Lipinski definition) is 4. The molecule has 1 heterocycles. The van der Waals surface area contributed by atoms with E-state index in [9.17, 15) is 23.1 Å². The number of hydrogen-bond donors (Lipinski definition) is 1. The number of carboxylic acids is 1. The lowest BCUT2D eigenvalue weighted by molar-refractivity contribution is -0.138. The van der Waals surface area contributed by atoms with E-state index in [0.717, 1.165) is 39.1 Å². The van der Waals surface area contributed by atoms with Crippen LogP contribution in [0.25, 0.3) is 22.0 Å². The summed E-state index contributed by atoms with van der Waals surface area (Å²) < 4.78 is 44.0. The van der Waals surface area contributed by atoms with Gasteiger partial charge in [0.1, 0.15) is 17.6 Å². The maximum absolute atomic E-state index is 12.7. The minimum Gasteiger partial charge on any atom is -0.489 e. The van der Waals surface area contributed by atoms with Crippen molar-refractivity contribution in [1.29, 1.82) is 0 Å². The van der Waals surface area contributed by atoms with E-state index in [4.69, 9.17) is 4.74 Å². The van der Waals surface area contributed by atoms with Crippen LogP contribution in [-0.2, 0) is 17.6 Å². The Morgan fingerprint density at radius 1 is 1.06 bits per heavy atom. The number of thioether (sulfide) groups is 1. The summed E-state index contributed by atoms with van der Waals surface area (Å²) >= 11 is 1.27. The van der Waals surface area contributed by atoms with Crippen molar-refractivity contribution in [3.05, 3.63) is 90.1 Å². The highest BCUT2D eigenvalue weighted by Crippen LogP contribution is 2.35. The summed E-state index contributed by atoms with van der Waals surface area (Å²) in [6.07, 6.45) is -2.62. The van der Waals surface area contributed by atoms with Crippen molar-refractivity contribution in [3.8, 4) is 16.9 Å². The van der Waals surface area contributed by atoms with Gasteiger partial charge in [0.25, 0.3) is 0 Å². The number of halogens is 3. The molecule has 8 heteroatoms. The number of carbonyl (C=O) groups is 1. The van der Waals surface area contributed by atoms with Crippen LogP contribution in [0.5, 0.6) is 5.75 Å². The van der Waals surface area contributed by atoms with E-state index >= 15 is 0 Å². The number of pyridine rings is 1. The summed E-state index contributed by atoms with van der Waals surface area (Å²) in [5.41, 5.74) is 2.41. The first-order chi connectivity index (χ1) is 16.2. The smallest absolute Gasteiger partial charge is 0.416 e. The number of benzene rings is 3. The minimum absolute atomic E-state index is 0.128. The second kappa shape index (κ2) is 9.77. The highest BCUT2D eigenvalue weighted by molar-refractivity contribution is 8.00. The van der Waals surface area contributed by atoms with Gasteiger partial charge in [0.05, 0.1) is 11.1 Å². The third kappa shape index (κ3) is 5.51. The van der Waals surface area contributed by atoms with Gasteiger partial charge in [-0.05, 0) is 60.5 Å². The quantitative estimate of drug-likeness (QED) is 0.285. The SMILES string of the molecule is CC(Sc1ccccc1-c1cnc2ccc(OCc3ccc(C(F)(F)F)cc3)cc2c1)C(=O)O. The molecule has 0 aliphatic heterocycles. The van der Waals surface area contributed by atoms with Crippen molar-refractivity contribution in [2.45, 2.75) is 29.9 Å². The predicted molar refractivity (Wildman–Crippen MR) is 126 cm³/mol. The zero-order valence-electron chi connectivity index (χ0n) is 18.0. The number of aliphatic carboxylic acids is 1. The average Bonchev–Trinajstić information content (AvgIpc) is 2.82. The fourth-order valence-corrected chi connectivity index (χ4v) is 4.30. The Morgan fingerprint density at radius 3 is 2.50 bits per heavy atom. The normalized spacial score (nSPS) is 12.5. The maximum Gasteiger partial charge on any atom is 0.416 e. The van der Waals surface area contributed by atoms with Gasteiger partial charge in [-0.3, -0.25) is 9.78 Å². The second-order valence-electron chi connectivity index (χ2n) is 7.66. The van der Waals surface area contributed by atoms with E-state index in [1.165, 1.54) is 23.9 Å². The van der Waals surface area contributed by atoms with Gasteiger partial charge in [-0.1, -0.05) is 30.3 Å². The maximum atomic E-state index is 12.7. The van der Waals surface area contributed by atoms with E-state index in [2.05, 4.69) is 4.98 Å². The Bertz CT molecular complexity index is 1320. The molecular weight excluding hydrogens is 463 g/mol. The van der Waals surface area contributed by atoms with Crippen LogP contribution in [-0.4, -0.2) is 21.3 Å². The first kappa shape index (κ1) is 23.6. The number of ether oxygens (including phenoxy) is 1. The molecule has 0 bridgehead atoms. The Morgan fingerprint density at radius 2 is 1.79 bits per heavy atom. The zero-order valence-corrected chi connectivity index (χ0v) is 18.9. The largest absolute Gasteiger partial charge is 0.489 e. The summed E-state index contributed by atoms with van der Waals surface area (Å²) in [6, 6.07) is 19.8. The molecule has 0 spiro atoms. The molecule has 0 saturated heterocycles. The number of nitrogens with zero attached hydrogens (tertiary/aromatic N) is 1. The van der Waals surface area contributed by atoms with Crippen LogP contribution in [0.2, 0.25) is 0 Å². The average molecular weight is 484 g/mol. The Balaban J connectivity index is 1.55. The fourth-order valence-electron chi connectivity index (χ4n) is 3.35. The fraction of sp³-hybridized carbons (Fsp3) is 0.154. The first-order valence-corrected chi connectivity index (χ1v) is 11.3. The topological polar surface area (TPSA) is 59.4 Å². The molecule has 0 amide bonds. The molecule has 3 aromatic carbocycles. The summed E-state index contributed by atoms with van der Waals surface area (Å²) in [5.74, 6) is -0.320. The number of rotatable bonds is 7. The second-order valence-corrected chi connectivity index (χ2v) is 9.04. The van der Waals surface area contributed by atoms with Crippen molar-refractivity contribution in [3.63, 3.8) is 0 Å². The number of fused-ring (bicyclic) bond motifs is 1. The standard InChI is InChI=1S/C26H20F3NO3S/c1-16(25(31)32)34-24-5-3-2-4-22(24)19-12-18-13-21(10-11-23(18)30-14-19)33-15-17-6-8-20(9-7-17)26(27,28)29/h2-14,16H,15H2,1H3,(H,31,32). The van der Waals surface area contributed by atoms with Crippen molar-refractivity contribution in [2.24, 2.45) is 0 Å². The van der Waals surface area contributed by atoms with E-state index in [1.54, 1.807) is 19.2 Å². The van der Waals surface area contributed by atoms with Crippen LogP contribution >= 0.6 is 11.8 Å². The van der Waals surface area contributed by atoms with Crippen molar-refractivity contribution in [2.75, 3.05) is 0 Å². The molecule has 4 rings (SSSR count). The van der Waals surface area contributed by atoms with Gasteiger partial charge >= 0.3 is 12.1 Å². The molecule has 1 N–H and O–H groups in total. The number of aromatic nitrogens is 1. The van der Waals surface area contributed by atoms with E-state index < -0.39 is 23.0 Å². The van der Waals surface area contributed by atoms with Crippen LogP contribution in [0.15, 0.2) is 83.9 Å². The molecular formula is C26H20F3NO3S.